The third-order valence-corrected chi connectivity index (χ3v) is 3.11. The lowest BCUT2D eigenvalue weighted by molar-refractivity contribution is -0.116. The van der Waals surface area contributed by atoms with Gasteiger partial charge in [-0.1, -0.05) is 36.4 Å². The van der Waals surface area contributed by atoms with E-state index in [2.05, 4.69) is 15.3 Å². The SMILES string of the molecule is CN(C)C/C=C/C(=O)NCCc1cnc(-c2ccccc2)[nH]1. The van der Waals surface area contributed by atoms with E-state index in [1.54, 1.807) is 6.08 Å². The highest BCUT2D eigenvalue weighted by Crippen LogP contribution is 2.14. The smallest absolute Gasteiger partial charge is 0.243 e. The van der Waals surface area contributed by atoms with Gasteiger partial charge in [-0.05, 0) is 14.1 Å². The quantitative estimate of drug-likeness (QED) is 0.767. The van der Waals surface area contributed by atoms with E-state index < -0.39 is 0 Å². The molecule has 0 spiro atoms. The van der Waals surface area contributed by atoms with Crippen LogP contribution in [0, 0.1) is 0 Å². The first-order chi connectivity index (χ1) is 10.6. The van der Waals surface area contributed by atoms with Crippen LogP contribution in [0.2, 0.25) is 0 Å². The summed E-state index contributed by atoms with van der Waals surface area (Å²) in [7, 11) is 3.93. The molecule has 22 heavy (non-hydrogen) atoms. The predicted molar refractivity (Wildman–Crippen MR) is 88.4 cm³/mol. The Morgan fingerprint density at radius 1 is 1.32 bits per heavy atom. The maximum Gasteiger partial charge on any atom is 0.243 e. The number of amides is 1. The van der Waals surface area contributed by atoms with Crippen LogP contribution in [0.4, 0.5) is 0 Å². The molecule has 0 aliphatic rings. The second kappa shape index (κ2) is 8.14. The van der Waals surface area contributed by atoms with Gasteiger partial charge in [-0.2, -0.15) is 0 Å². The molecule has 0 saturated carbocycles. The summed E-state index contributed by atoms with van der Waals surface area (Å²) in [5.41, 5.74) is 2.07. The maximum absolute atomic E-state index is 11.6. The zero-order valence-electron chi connectivity index (χ0n) is 13.0. The summed E-state index contributed by atoms with van der Waals surface area (Å²) in [6, 6.07) is 9.97. The van der Waals surface area contributed by atoms with Gasteiger partial charge in [-0.3, -0.25) is 4.79 Å². The minimum Gasteiger partial charge on any atom is -0.352 e. The number of hydrogen-bond donors (Lipinski definition) is 2. The normalized spacial score (nSPS) is 11.2. The van der Waals surface area contributed by atoms with Crippen LogP contribution in [0.1, 0.15) is 5.69 Å². The third kappa shape index (κ3) is 5.18. The molecule has 0 saturated heterocycles. The Morgan fingerprint density at radius 2 is 2.09 bits per heavy atom. The van der Waals surface area contributed by atoms with Crippen molar-refractivity contribution in [1.82, 2.24) is 20.2 Å². The number of benzene rings is 1. The van der Waals surface area contributed by atoms with Crippen LogP contribution in [0.15, 0.2) is 48.7 Å². The molecule has 0 bridgehead atoms. The van der Waals surface area contributed by atoms with Gasteiger partial charge in [0.05, 0.1) is 0 Å². The monoisotopic (exact) mass is 298 g/mol. The van der Waals surface area contributed by atoms with Gasteiger partial charge in [-0.25, -0.2) is 4.98 Å². The van der Waals surface area contributed by atoms with Crippen molar-refractivity contribution in [2.75, 3.05) is 27.2 Å². The molecule has 1 amide bonds. The van der Waals surface area contributed by atoms with E-state index >= 15 is 0 Å². The first kappa shape index (κ1) is 16.0. The molecular formula is C17H22N4O. The van der Waals surface area contributed by atoms with Crippen LogP contribution >= 0.6 is 0 Å². The van der Waals surface area contributed by atoms with Gasteiger partial charge in [0, 0.05) is 43.0 Å². The Labute approximate surface area is 131 Å². The van der Waals surface area contributed by atoms with Gasteiger partial charge >= 0.3 is 0 Å². The molecule has 1 aromatic heterocycles. The molecular weight excluding hydrogens is 276 g/mol. The third-order valence-electron chi connectivity index (χ3n) is 3.11. The number of rotatable bonds is 7. The number of aromatic nitrogens is 2. The molecule has 2 N–H and O–H groups in total. The summed E-state index contributed by atoms with van der Waals surface area (Å²) in [5.74, 6) is 0.789. The summed E-state index contributed by atoms with van der Waals surface area (Å²) in [4.78, 5) is 21.2. The first-order valence-corrected chi connectivity index (χ1v) is 7.33. The summed E-state index contributed by atoms with van der Waals surface area (Å²) in [6.07, 6.45) is 5.96. The van der Waals surface area contributed by atoms with Crippen LogP contribution in [0.3, 0.4) is 0 Å². The van der Waals surface area contributed by atoms with Crippen molar-refractivity contribution in [3.05, 3.63) is 54.4 Å². The Bertz CT molecular complexity index is 617. The number of carbonyl (C=O) groups excluding carboxylic acids is 1. The van der Waals surface area contributed by atoms with Crippen LogP contribution in [-0.2, 0) is 11.2 Å². The van der Waals surface area contributed by atoms with Crippen molar-refractivity contribution in [2.45, 2.75) is 6.42 Å². The summed E-state index contributed by atoms with van der Waals surface area (Å²) in [6.45, 7) is 1.34. The van der Waals surface area contributed by atoms with E-state index in [1.807, 2.05) is 61.6 Å². The van der Waals surface area contributed by atoms with Gasteiger partial charge in [0.25, 0.3) is 0 Å². The van der Waals surface area contributed by atoms with Gasteiger partial charge < -0.3 is 15.2 Å². The van der Waals surface area contributed by atoms with Gasteiger partial charge in [0.15, 0.2) is 0 Å². The lowest BCUT2D eigenvalue weighted by Gasteiger charge is -2.04. The van der Waals surface area contributed by atoms with Crippen molar-refractivity contribution < 1.29 is 4.79 Å². The number of nitrogens with zero attached hydrogens (tertiary/aromatic N) is 2. The highest BCUT2D eigenvalue weighted by molar-refractivity contribution is 5.87. The molecule has 116 valence electrons. The lowest BCUT2D eigenvalue weighted by atomic mass is 10.2. The van der Waals surface area contributed by atoms with Crippen molar-refractivity contribution in [3.8, 4) is 11.4 Å². The number of carbonyl (C=O) groups is 1. The second-order valence-electron chi connectivity index (χ2n) is 5.33. The zero-order valence-corrected chi connectivity index (χ0v) is 13.0. The Kier molecular flexibility index (Phi) is 5.91. The average Bonchev–Trinajstić information content (AvgIpc) is 2.97. The Balaban J connectivity index is 1.77. The first-order valence-electron chi connectivity index (χ1n) is 7.33. The Morgan fingerprint density at radius 3 is 2.82 bits per heavy atom. The highest BCUT2D eigenvalue weighted by atomic mass is 16.1. The topological polar surface area (TPSA) is 61.0 Å². The maximum atomic E-state index is 11.6. The van der Waals surface area contributed by atoms with Crippen LogP contribution in [-0.4, -0.2) is 48.0 Å². The molecule has 5 nitrogen and oxygen atoms in total. The number of imidazole rings is 1. The van der Waals surface area contributed by atoms with Crippen molar-refractivity contribution in [3.63, 3.8) is 0 Å². The molecule has 1 heterocycles. The second-order valence-corrected chi connectivity index (χ2v) is 5.33. The number of H-pyrrole nitrogens is 1. The molecule has 0 unspecified atom stereocenters. The van der Waals surface area contributed by atoms with Gasteiger partial charge in [0.1, 0.15) is 5.82 Å². The molecule has 0 atom stereocenters. The predicted octanol–water partition coefficient (Wildman–Crippen LogP) is 1.85. The minimum atomic E-state index is -0.0651. The number of nitrogens with one attached hydrogen (secondary N) is 2. The fraction of sp³-hybridized carbons (Fsp3) is 0.294. The minimum absolute atomic E-state index is 0.0651. The van der Waals surface area contributed by atoms with Crippen LogP contribution < -0.4 is 5.32 Å². The van der Waals surface area contributed by atoms with E-state index in [0.717, 1.165) is 30.0 Å². The number of aromatic amines is 1. The van der Waals surface area contributed by atoms with E-state index in [4.69, 9.17) is 0 Å². The zero-order chi connectivity index (χ0) is 15.8. The largest absolute Gasteiger partial charge is 0.352 e. The fourth-order valence-electron chi connectivity index (χ4n) is 1.98. The van der Waals surface area contributed by atoms with E-state index in [1.165, 1.54) is 0 Å². The summed E-state index contributed by atoms with van der Waals surface area (Å²) in [5, 5.41) is 2.86. The van der Waals surface area contributed by atoms with Crippen molar-refractivity contribution in [1.29, 1.82) is 0 Å². The highest BCUT2D eigenvalue weighted by Gasteiger charge is 2.03. The molecule has 0 fully saturated rings. The van der Waals surface area contributed by atoms with Gasteiger partial charge in [-0.15, -0.1) is 0 Å². The molecule has 2 aromatic rings. The standard InChI is InChI=1S/C17H22N4O/c1-21(2)12-6-9-16(22)18-11-10-15-13-19-17(20-15)14-7-4-3-5-8-14/h3-9,13H,10-12H2,1-2H3,(H,18,22)(H,19,20)/b9-6+. The molecule has 1 aromatic carbocycles. The Hall–Kier alpha value is -2.40. The lowest BCUT2D eigenvalue weighted by Crippen LogP contribution is -2.24. The van der Waals surface area contributed by atoms with Crippen LogP contribution in [0.5, 0.6) is 0 Å². The average molecular weight is 298 g/mol. The molecule has 0 radical (unpaired) electrons. The van der Waals surface area contributed by atoms with Gasteiger partial charge in [0.2, 0.25) is 5.91 Å². The van der Waals surface area contributed by atoms with Crippen LogP contribution in [0.25, 0.3) is 11.4 Å². The van der Waals surface area contributed by atoms with Crippen molar-refractivity contribution in [2.24, 2.45) is 0 Å². The fourth-order valence-corrected chi connectivity index (χ4v) is 1.98. The van der Waals surface area contributed by atoms with E-state index in [9.17, 15) is 4.79 Å². The molecule has 5 heteroatoms. The summed E-state index contributed by atoms with van der Waals surface area (Å²) < 4.78 is 0. The molecule has 2 rings (SSSR count). The van der Waals surface area contributed by atoms with Crippen molar-refractivity contribution >= 4 is 5.91 Å². The number of likely N-dealkylation sites (N-methyl/N-ethyl adjacent to an activating group) is 1. The van der Waals surface area contributed by atoms with E-state index in [-0.39, 0.29) is 5.91 Å². The summed E-state index contributed by atoms with van der Waals surface area (Å²) >= 11 is 0. The number of hydrogen-bond acceptors (Lipinski definition) is 3. The molecule has 0 aliphatic heterocycles. The van der Waals surface area contributed by atoms with E-state index in [0.29, 0.717) is 6.54 Å². The molecule has 0 aliphatic carbocycles.